The van der Waals surface area contributed by atoms with Crippen LogP contribution in [0.3, 0.4) is 0 Å². The zero-order valence-corrected chi connectivity index (χ0v) is 19.2. The molecule has 0 N–H and O–H groups in total. The average Bonchev–Trinajstić information content (AvgIpc) is 2.79. The summed E-state index contributed by atoms with van der Waals surface area (Å²) in [6.07, 6.45) is 0.659. The van der Waals surface area contributed by atoms with Gasteiger partial charge < -0.3 is 9.80 Å². The summed E-state index contributed by atoms with van der Waals surface area (Å²) in [6, 6.07) is 27.0. The fourth-order valence-electron chi connectivity index (χ4n) is 4.44. The predicted molar refractivity (Wildman–Crippen MR) is 130 cm³/mol. The molecule has 0 saturated carbocycles. The van der Waals surface area contributed by atoms with Crippen LogP contribution in [0.5, 0.6) is 0 Å². The van der Waals surface area contributed by atoms with E-state index in [-0.39, 0.29) is 23.9 Å². The molecule has 0 aromatic heterocycles. The molecule has 1 heterocycles. The minimum Gasteiger partial charge on any atom is -0.305 e. The van der Waals surface area contributed by atoms with E-state index in [1.807, 2.05) is 116 Å². The molecule has 0 radical (unpaired) electrons. The summed E-state index contributed by atoms with van der Waals surface area (Å²) < 4.78 is 0. The Morgan fingerprint density at radius 3 is 2.03 bits per heavy atom. The van der Waals surface area contributed by atoms with Gasteiger partial charge in [-0.3, -0.25) is 9.59 Å². The van der Waals surface area contributed by atoms with Gasteiger partial charge in [0.25, 0.3) is 5.91 Å². The van der Waals surface area contributed by atoms with Crippen molar-refractivity contribution in [3.63, 3.8) is 0 Å². The molecule has 2 amide bonds. The summed E-state index contributed by atoms with van der Waals surface area (Å²) in [6.45, 7) is 7.92. The summed E-state index contributed by atoms with van der Waals surface area (Å²) in [5, 5.41) is 0. The van der Waals surface area contributed by atoms with Gasteiger partial charge in [-0.2, -0.15) is 0 Å². The SMILES string of the molecule is C[C@H]1C[C@@H](N(C(=O)C(C)(C)C)c2ccccc2)c2ccccc2N1C(=O)c1ccccc1. The Bertz CT molecular complexity index is 1100. The highest BCUT2D eigenvalue weighted by Gasteiger charge is 2.41. The van der Waals surface area contributed by atoms with Crippen LogP contribution < -0.4 is 9.80 Å². The summed E-state index contributed by atoms with van der Waals surface area (Å²) in [5.74, 6) is 0.0518. The van der Waals surface area contributed by atoms with Crippen molar-refractivity contribution in [1.82, 2.24) is 0 Å². The van der Waals surface area contributed by atoms with Crippen molar-refractivity contribution in [3.8, 4) is 0 Å². The normalized spacial score (nSPS) is 18.1. The fourth-order valence-corrected chi connectivity index (χ4v) is 4.44. The van der Waals surface area contributed by atoms with Gasteiger partial charge >= 0.3 is 0 Å². The maximum atomic E-state index is 13.7. The van der Waals surface area contributed by atoms with Gasteiger partial charge in [-0.1, -0.05) is 75.4 Å². The molecular formula is C28H30N2O2. The number of fused-ring (bicyclic) bond motifs is 1. The maximum absolute atomic E-state index is 13.7. The van der Waals surface area contributed by atoms with Crippen LogP contribution in [0.25, 0.3) is 0 Å². The van der Waals surface area contributed by atoms with Crippen LogP contribution in [-0.4, -0.2) is 17.9 Å². The van der Waals surface area contributed by atoms with E-state index in [0.717, 1.165) is 16.9 Å². The Kier molecular flexibility index (Phi) is 5.88. The molecular weight excluding hydrogens is 396 g/mol. The van der Waals surface area contributed by atoms with Gasteiger partial charge in [0.15, 0.2) is 0 Å². The number of benzene rings is 3. The highest BCUT2D eigenvalue weighted by atomic mass is 16.2. The molecule has 4 rings (SSSR count). The maximum Gasteiger partial charge on any atom is 0.258 e. The van der Waals surface area contributed by atoms with E-state index in [4.69, 9.17) is 0 Å². The highest BCUT2D eigenvalue weighted by Crippen LogP contribution is 2.44. The van der Waals surface area contributed by atoms with Gasteiger partial charge in [-0.05, 0) is 49.2 Å². The lowest BCUT2D eigenvalue weighted by atomic mass is 9.86. The zero-order valence-electron chi connectivity index (χ0n) is 19.2. The number of para-hydroxylation sites is 2. The summed E-state index contributed by atoms with van der Waals surface area (Å²) in [7, 11) is 0. The lowest BCUT2D eigenvalue weighted by Gasteiger charge is -2.45. The molecule has 32 heavy (non-hydrogen) atoms. The summed E-state index contributed by atoms with van der Waals surface area (Å²) in [4.78, 5) is 30.9. The van der Waals surface area contributed by atoms with Crippen molar-refractivity contribution < 1.29 is 9.59 Å². The minimum atomic E-state index is -0.537. The third-order valence-electron chi connectivity index (χ3n) is 6.01. The van der Waals surface area contributed by atoms with Crippen molar-refractivity contribution in [3.05, 3.63) is 96.1 Å². The van der Waals surface area contributed by atoms with E-state index in [2.05, 4.69) is 6.92 Å². The molecule has 1 aliphatic rings. The first-order valence-electron chi connectivity index (χ1n) is 11.2. The first kappa shape index (κ1) is 21.8. The largest absolute Gasteiger partial charge is 0.305 e. The molecule has 4 heteroatoms. The molecule has 0 saturated heterocycles. The number of carbonyl (C=O) groups is 2. The third-order valence-corrected chi connectivity index (χ3v) is 6.01. The van der Waals surface area contributed by atoms with E-state index in [1.54, 1.807) is 0 Å². The third kappa shape index (κ3) is 4.05. The molecule has 4 nitrogen and oxygen atoms in total. The second-order valence-corrected chi connectivity index (χ2v) is 9.46. The van der Waals surface area contributed by atoms with Gasteiger partial charge in [-0.15, -0.1) is 0 Å². The molecule has 2 atom stereocenters. The van der Waals surface area contributed by atoms with Crippen molar-refractivity contribution in [2.24, 2.45) is 5.41 Å². The standard InChI is InChI=1S/C28H30N2O2/c1-20-19-25(30(27(32)28(2,3)4)22-15-9-6-10-16-22)23-17-11-12-18-24(23)29(20)26(31)21-13-7-5-8-14-21/h5-18,20,25H,19H2,1-4H3/t20-,25+/m0/s1. The second kappa shape index (κ2) is 8.62. The van der Waals surface area contributed by atoms with Crippen LogP contribution in [-0.2, 0) is 4.79 Å². The number of carbonyl (C=O) groups excluding carboxylic acids is 2. The highest BCUT2D eigenvalue weighted by molar-refractivity contribution is 6.07. The van der Waals surface area contributed by atoms with Crippen LogP contribution in [0.15, 0.2) is 84.9 Å². The van der Waals surface area contributed by atoms with Crippen LogP contribution >= 0.6 is 0 Å². The molecule has 0 fully saturated rings. The number of anilines is 2. The number of hydrogen-bond donors (Lipinski definition) is 0. The zero-order chi connectivity index (χ0) is 22.9. The van der Waals surface area contributed by atoms with Crippen molar-refractivity contribution in [1.29, 1.82) is 0 Å². The molecule has 0 bridgehead atoms. The van der Waals surface area contributed by atoms with Gasteiger partial charge in [0.1, 0.15) is 0 Å². The summed E-state index contributed by atoms with van der Waals surface area (Å²) in [5.41, 5.74) is 2.87. The molecule has 0 spiro atoms. The quantitative estimate of drug-likeness (QED) is 0.497. The Morgan fingerprint density at radius 1 is 0.844 bits per heavy atom. The number of rotatable bonds is 3. The number of amides is 2. The fraction of sp³-hybridized carbons (Fsp3) is 0.286. The van der Waals surface area contributed by atoms with Crippen LogP contribution in [0, 0.1) is 5.41 Å². The Morgan fingerprint density at radius 2 is 1.41 bits per heavy atom. The van der Waals surface area contributed by atoms with Crippen LogP contribution in [0.4, 0.5) is 11.4 Å². The molecule has 0 aliphatic carbocycles. The Balaban J connectivity index is 1.82. The van der Waals surface area contributed by atoms with Crippen LogP contribution in [0.1, 0.15) is 56.1 Å². The molecule has 0 unspecified atom stereocenters. The first-order chi connectivity index (χ1) is 15.3. The lowest BCUT2D eigenvalue weighted by molar-refractivity contribution is -0.126. The lowest BCUT2D eigenvalue weighted by Crippen LogP contribution is -2.49. The molecule has 3 aromatic rings. The van der Waals surface area contributed by atoms with Gasteiger partial charge in [0, 0.05) is 28.4 Å². The van der Waals surface area contributed by atoms with Crippen LogP contribution in [0.2, 0.25) is 0 Å². The Labute approximate surface area is 190 Å². The van der Waals surface area contributed by atoms with Crippen molar-refractivity contribution >= 4 is 23.2 Å². The molecule has 3 aromatic carbocycles. The molecule has 164 valence electrons. The number of hydrogen-bond acceptors (Lipinski definition) is 2. The van der Waals surface area contributed by atoms with E-state index in [0.29, 0.717) is 12.0 Å². The predicted octanol–water partition coefficient (Wildman–Crippen LogP) is 6.25. The summed E-state index contributed by atoms with van der Waals surface area (Å²) >= 11 is 0. The van der Waals surface area contributed by atoms with Crippen molar-refractivity contribution in [2.75, 3.05) is 9.80 Å². The smallest absolute Gasteiger partial charge is 0.258 e. The average molecular weight is 427 g/mol. The van der Waals surface area contributed by atoms with Crippen molar-refractivity contribution in [2.45, 2.75) is 46.2 Å². The van der Waals surface area contributed by atoms with Gasteiger partial charge in [0.2, 0.25) is 5.91 Å². The molecule has 1 aliphatic heterocycles. The first-order valence-corrected chi connectivity index (χ1v) is 11.2. The van der Waals surface area contributed by atoms with E-state index in [1.165, 1.54) is 0 Å². The van der Waals surface area contributed by atoms with E-state index >= 15 is 0 Å². The van der Waals surface area contributed by atoms with Gasteiger partial charge in [-0.25, -0.2) is 0 Å². The monoisotopic (exact) mass is 426 g/mol. The van der Waals surface area contributed by atoms with E-state index < -0.39 is 5.41 Å². The van der Waals surface area contributed by atoms with Gasteiger partial charge in [0.05, 0.1) is 6.04 Å². The second-order valence-electron chi connectivity index (χ2n) is 9.46. The Hall–Kier alpha value is -3.40. The minimum absolute atomic E-state index is 0.0163. The number of nitrogens with zero attached hydrogens (tertiary/aromatic N) is 2. The topological polar surface area (TPSA) is 40.6 Å². The van der Waals surface area contributed by atoms with E-state index in [9.17, 15) is 9.59 Å².